The van der Waals surface area contributed by atoms with E-state index < -0.39 is 0 Å². The van der Waals surface area contributed by atoms with Gasteiger partial charge in [-0.05, 0) is 49.2 Å². The number of benzene rings is 2. The van der Waals surface area contributed by atoms with Crippen LogP contribution < -0.4 is 15.4 Å². The van der Waals surface area contributed by atoms with Gasteiger partial charge in [0.1, 0.15) is 17.6 Å². The Balaban J connectivity index is 1.55. The lowest BCUT2D eigenvalue weighted by Gasteiger charge is -2.31. The van der Waals surface area contributed by atoms with Crippen LogP contribution in [0.2, 0.25) is 0 Å². The summed E-state index contributed by atoms with van der Waals surface area (Å²) in [6.07, 6.45) is 1.33. The lowest BCUT2D eigenvalue weighted by Crippen LogP contribution is -2.44. The summed E-state index contributed by atoms with van der Waals surface area (Å²) < 4.78 is 5.74. The van der Waals surface area contributed by atoms with Gasteiger partial charge in [-0.3, -0.25) is 4.79 Å². The maximum atomic E-state index is 12.4. The molecule has 2 aromatic rings. The minimum atomic E-state index is -0.182. The summed E-state index contributed by atoms with van der Waals surface area (Å²) in [6.45, 7) is 1.10. The fraction of sp³-hybridized carbons (Fsp3) is 0.286. The average molecular weight is 378 g/mol. The highest BCUT2D eigenvalue weighted by molar-refractivity contribution is 5.89. The van der Waals surface area contributed by atoms with E-state index in [9.17, 15) is 9.59 Å². The Morgan fingerprint density at radius 3 is 2.43 bits per heavy atom. The minimum absolute atomic E-state index is 0.0261. The number of amides is 3. The van der Waals surface area contributed by atoms with Gasteiger partial charge in [0.2, 0.25) is 5.91 Å². The van der Waals surface area contributed by atoms with Crippen LogP contribution >= 0.6 is 0 Å². The number of para-hydroxylation sites is 1. The SMILES string of the molecule is CNC(=O)C1CCN(C(=O)Nc2ccc(Oc3ccccc3C#N)cc2)CC1. The number of nitrogens with zero attached hydrogens (tertiary/aromatic N) is 2. The zero-order valence-corrected chi connectivity index (χ0v) is 15.6. The third-order valence-electron chi connectivity index (χ3n) is 4.74. The van der Waals surface area contributed by atoms with E-state index in [1.54, 1.807) is 60.5 Å². The van der Waals surface area contributed by atoms with Crippen LogP contribution in [0.15, 0.2) is 48.5 Å². The first-order valence-electron chi connectivity index (χ1n) is 9.15. The van der Waals surface area contributed by atoms with Crippen LogP contribution in [0.25, 0.3) is 0 Å². The molecule has 1 aliphatic heterocycles. The number of carbonyl (C=O) groups excluding carboxylic acids is 2. The Hall–Kier alpha value is -3.53. The van der Waals surface area contributed by atoms with Gasteiger partial charge in [0.05, 0.1) is 5.56 Å². The molecule has 1 aliphatic rings. The number of anilines is 1. The predicted molar refractivity (Wildman–Crippen MR) is 105 cm³/mol. The molecular weight excluding hydrogens is 356 g/mol. The van der Waals surface area contributed by atoms with Crippen molar-refractivity contribution >= 4 is 17.6 Å². The molecule has 0 atom stereocenters. The fourth-order valence-corrected chi connectivity index (χ4v) is 3.13. The van der Waals surface area contributed by atoms with E-state index in [0.29, 0.717) is 48.7 Å². The molecule has 2 aromatic carbocycles. The third-order valence-corrected chi connectivity index (χ3v) is 4.74. The summed E-state index contributed by atoms with van der Waals surface area (Å²) in [4.78, 5) is 25.8. The van der Waals surface area contributed by atoms with Crippen molar-refractivity contribution < 1.29 is 14.3 Å². The molecule has 0 bridgehead atoms. The van der Waals surface area contributed by atoms with Crippen LogP contribution in [-0.2, 0) is 4.79 Å². The molecule has 0 aromatic heterocycles. The van der Waals surface area contributed by atoms with Crippen LogP contribution in [0, 0.1) is 17.2 Å². The molecule has 3 amide bonds. The maximum Gasteiger partial charge on any atom is 0.321 e. The van der Waals surface area contributed by atoms with Crippen LogP contribution in [0.4, 0.5) is 10.5 Å². The molecule has 0 saturated carbocycles. The molecule has 7 heteroatoms. The van der Waals surface area contributed by atoms with E-state index in [1.807, 2.05) is 0 Å². The van der Waals surface area contributed by atoms with Crippen molar-refractivity contribution in [2.75, 3.05) is 25.5 Å². The lowest BCUT2D eigenvalue weighted by atomic mass is 9.96. The molecule has 28 heavy (non-hydrogen) atoms. The number of likely N-dealkylation sites (tertiary alicyclic amines) is 1. The van der Waals surface area contributed by atoms with Crippen LogP contribution in [-0.4, -0.2) is 37.0 Å². The van der Waals surface area contributed by atoms with Crippen molar-refractivity contribution in [2.24, 2.45) is 5.92 Å². The van der Waals surface area contributed by atoms with E-state index >= 15 is 0 Å². The number of urea groups is 1. The summed E-state index contributed by atoms with van der Waals surface area (Å²) in [5.74, 6) is 1.07. The number of nitrogens with one attached hydrogen (secondary N) is 2. The van der Waals surface area contributed by atoms with Crippen molar-refractivity contribution in [1.82, 2.24) is 10.2 Å². The molecule has 0 spiro atoms. The molecule has 144 valence electrons. The Kier molecular flexibility index (Phi) is 6.12. The van der Waals surface area contributed by atoms with E-state index in [4.69, 9.17) is 10.00 Å². The average Bonchev–Trinajstić information content (AvgIpc) is 2.75. The number of rotatable bonds is 4. The Labute approximate surface area is 163 Å². The summed E-state index contributed by atoms with van der Waals surface area (Å²) in [7, 11) is 1.63. The number of piperidine rings is 1. The molecular formula is C21H22N4O3. The fourth-order valence-electron chi connectivity index (χ4n) is 3.13. The molecule has 2 N–H and O–H groups in total. The van der Waals surface area contributed by atoms with Crippen molar-refractivity contribution in [2.45, 2.75) is 12.8 Å². The van der Waals surface area contributed by atoms with E-state index in [0.717, 1.165) is 0 Å². The summed E-state index contributed by atoms with van der Waals surface area (Å²) >= 11 is 0. The Bertz CT molecular complexity index is 881. The van der Waals surface area contributed by atoms with E-state index in [1.165, 1.54) is 0 Å². The van der Waals surface area contributed by atoms with Crippen LogP contribution in [0.3, 0.4) is 0 Å². The zero-order valence-electron chi connectivity index (χ0n) is 15.6. The second-order valence-electron chi connectivity index (χ2n) is 6.54. The summed E-state index contributed by atoms with van der Waals surface area (Å²) in [5, 5.41) is 14.6. The molecule has 0 unspecified atom stereocenters. The van der Waals surface area contributed by atoms with E-state index in [-0.39, 0.29) is 17.9 Å². The molecule has 1 heterocycles. The van der Waals surface area contributed by atoms with Gasteiger partial charge in [-0.25, -0.2) is 4.79 Å². The quantitative estimate of drug-likeness (QED) is 0.853. The van der Waals surface area contributed by atoms with Crippen LogP contribution in [0.1, 0.15) is 18.4 Å². The predicted octanol–water partition coefficient (Wildman–Crippen LogP) is 3.34. The topological polar surface area (TPSA) is 94.5 Å². The van der Waals surface area contributed by atoms with Crippen molar-refractivity contribution in [3.8, 4) is 17.6 Å². The second-order valence-corrected chi connectivity index (χ2v) is 6.54. The van der Waals surface area contributed by atoms with Crippen LogP contribution in [0.5, 0.6) is 11.5 Å². The van der Waals surface area contributed by atoms with E-state index in [2.05, 4.69) is 16.7 Å². The molecule has 7 nitrogen and oxygen atoms in total. The van der Waals surface area contributed by atoms with Crippen molar-refractivity contribution in [1.29, 1.82) is 5.26 Å². The van der Waals surface area contributed by atoms with Crippen molar-refractivity contribution in [3.05, 3.63) is 54.1 Å². The molecule has 1 saturated heterocycles. The van der Waals surface area contributed by atoms with Gasteiger partial charge in [0, 0.05) is 31.7 Å². The second kappa shape index (κ2) is 8.91. The summed E-state index contributed by atoms with van der Waals surface area (Å²) in [6, 6.07) is 15.9. The molecule has 0 aliphatic carbocycles. The zero-order chi connectivity index (χ0) is 19.9. The van der Waals surface area contributed by atoms with Gasteiger partial charge in [0.25, 0.3) is 0 Å². The highest BCUT2D eigenvalue weighted by Crippen LogP contribution is 2.26. The van der Waals surface area contributed by atoms with Gasteiger partial charge in [-0.2, -0.15) is 5.26 Å². The largest absolute Gasteiger partial charge is 0.456 e. The monoisotopic (exact) mass is 378 g/mol. The van der Waals surface area contributed by atoms with Gasteiger partial charge < -0.3 is 20.3 Å². The van der Waals surface area contributed by atoms with Gasteiger partial charge in [-0.1, -0.05) is 12.1 Å². The molecule has 1 fully saturated rings. The molecule has 0 radical (unpaired) electrons. The number of hydrogen-bond donors (Lipinski definition) is 2. The minimum Gasteiger partial charge on any atom is -0.456 e. The first kappa shape index (κ1) is 19.2. The van der Waals surface area contributed by atoms with Crippen molar-refractivity contribution in [3.63, 3.8) is 0 Å². The highest BCUT2D eigenvalue weighted by Gasteiger charge is 2.26. The van der Waals surface area contributed by atoms with Gasteiger partial charge in [0.15, 0.2) is 0 Å². The number of carbonyl (C=O) groups is 2. The number of ether oxygens (including phenoxy) is 1. The standard InChI is InChI=1S/C21H22N4O3/c1-23-20(26)15-10-12-25(13-11-15)21(27)24-17-6-8-18(9-7-17)28-19-5-3-2-4-16(19)14-22/h2-9,15H,10-13H2,1H3,(H,23,26)(H,24,27). The summed E-state index contributed by atoms with van der Waals surface area (Å²) in [5.41, 5.74) is 1.11. The highest BCUT2D eigenvalue weighted by atomic mass is 16.5. The smallest absolute Gasteiger partial charge is 0.321 e. The first-order valence-corrected chi connectivity index (χ1v) is 9.15. The Morgan fingerprint density at radius 1 is 1.11 bits per heavy atom. The normalized spacial score (nSPS) is 14.1. The number of hydrogen-bond acceptors (Lipinski definition) is 4. The first-order chi connectivity index (χ1) is 13.6. The lowest BCUT2D eigenvalue weighted by molar-refractivity contribution is -0.125. The molecule has 3 rings (SSSR count). The maximum absolute atomic E-state index is 12.4. The third kappa shape index (κ3) is 4.60. The number of nitriles is 1. The van der Waals surface area contributed by atoms with Gasteiger partial charge in [-0.15, -0.1) is 0 Å². The van der Waals surface area contributed by atoms with Gasteiger partial charge >= 0.3 is 6.03 Å². The Morgan fingerprint density at radius 2 is 1.79 bits per heavy atom.